The quantitative estimate of drug-likeness (QED) is 0.523. The van der Waals surface area contributed by atoms with Gasteiger partial charge in [-0.3, -0.25) is 9.59 Å². The summed E-state index contributed by atoms with van der Waals surface area (Å²) in [5.41, 5.74) is -1.74. The third-order valence-electron chi connectivity index (χ3n) is 1.48. The van der Waals surface area contributed by atoms with E-state index < -0.39 is 11.2 Å². The average Bonchev–Trinajstić information content (AvgIpc) is 2.12. The van der Waals surface area contributed by atoms with Gasteiger partial charge in [-0.25, -0.2) is 0 Å². The first kappa shape index (κ1) is 14.1. The predicted molar refractivity (Wildman–Crippen MR) is 58.0 cm³/mol. The van der Waals surface area contributed by atoms with Gasteiger partial charge in [0.15, 0.2) is 11.2 Å². The Balaban J connectivity index is 4.56. The molecule has 0 heterocycles. The zero-order valence-corrected chi connectivity index (χ0v) is 9.79. The van der Waals surface area contributed by atoms with Gasteiger partial charge in [0.05, 0.1) is 0 Å². The van der Waals surface area contributed by atoms with Crippen LogP contribution in [0.1, 0.15) is 27.7 Å². The van der Waals surface area contributed by atoms with Gasteiger partial charge in [-0.1, -0.05) is 0 Å². The molecule has 86 valence electrons. The normalized spacial score (nSPS) is 10.0. The second kappa shape index (κ2) is 5.82. The molecule has 0 aromatic rings. The van der Waals surface area contributed by atoms with E-state index in [9.17, 15) is 9.59 Å². The first-order chi connectivity index (χ1) is 7.33. The van der Waals surface area contributed by atoms with E-state index in [1.165, 1.54) is 0 Å². The fraction of sp³-hybridized carbons (Fsp3) is 0.500. The summed E-state index contributed by atoms with van der Waals surface area (Å²) in [5.74, 6) is 10.4. The fourth-order valence-electron chi connectivity index (χ4n) is 0.663. The van der Waals surface area contributed by atoms with Gasteiger partial charge in [0.25, 0.3) is 12.9 Å². The Morgan fingerprint density at radius 1 is 0.812 bits per heavy atom. The van der Waals surface area contributed by atoms with Gasteiger partial charge in [0, 0.05) is 0 Å². The van der Waals surface area contributed by atoms with Crippen LogP contribution in [0, 0.1) is 23.7 Å². The maximum atomic E-state index is 10.1. The van der Waals surface area contributed by atoms with E-state index >= 15 is 0 Å². The number of hydrogen-bond acceptors (Lipinski definition) is 4. The van der Waals surface area contributed by atoms with Gasteiger partial charge in [0.2, 0.25) is 0 Å². The smallest absolute Gasteiger partial charge is 0.294 e. The van der Waals surface area contributed by atoms with Crippen molar-refractivity contribution in [1.82, 2.24) is 0 Å². The molecular formula is C12H14O4. The Morgan fingerprint density at radius 2 is 1.12 bits per heavy atom. The third-order valence-corrected chi connectivity index (χ3v) is 1.48. The number of carbonyl (C=O) groups excluding carboxylic acids is 2. The lowest BCUT2D eigenvalue weighted by molar-refractivity contribution is -0.136. The SMILES string of the molecule is CC(C)(C#CC#CC(C)(C)OC=O)OC=O. The summed E-state index contributed by atoms with van der Waals surface area (Å²) in [7, 11) is 0. The number of ether oxygens (including phenoxy) is 2. The van der Waals surface area contributed by atoms with Crippen LogP contribution in [0.2, 0.25) is 0 Å². The molecule has 0 aromatic carbocycles. The van der Waals surface area contributed by atoms with Crippen molar-refractivity contribution in [3.05, 3.63) is 0 Å². The maximum absolute atomic E-state index is 10.1. The van der Waals surface area contributed by atoms with Gasteiger partial charge < -0.3 is 9.47 Å². The first-order valence-electron chi connectivity index (χ1n) is 4.60. The van der Waals surface area contributed by atoms with Crippen molar-refractivity contribution in [3.63, 3.8) is 0 Å². The number of hydrogen-bond donors (Lipinski definition) is 0. The summed E-state index contributed by atoms with van der Waals surface area (Å²) < 4.78 is 9.40. The first-order valence-corrected chi connectivity index (χ1v) is 4.60. The lowest BCUT2D eigenvalue weighted by atomic mass is 10.1. The molecule has 0 radical (unpaired) electrons. The highest BCUT2D eigenvalue weighted by Crippen LogP contribution is 2.05. The third kappa shape index (κ3) is 6.50. The van der Waals surface area contributed by atoms with Gasteiger partial charge in [0.1, 0.15) is 0 Å². The summed E-state index contributed by atoms with van der Waals surface area (Å²) in [6.45, 7) is 7.24. The number of rotatable bonds is 4. The predicted octanol–water partition coefficient (Wildman–Crippen LogP) is 0.896. The summed E-state index contributed by atoms with van der Waals surface area (Å²) in [6.07, 6.45) is 0. The van der Waals surface area contributed by atoms with Crippen molar-refractivity contribution in [2.75, 3.05) is 0 Å². The highest BCUT2D eigenvalue weighted by molar-refractivity contribution is 5.42. The maximum Gasteiger partial charge on any atom is 0.294 e. The minimum atomic E-state index is -0.869. The minimum Gasteiger partial charge on any atom is -0.449 e. The molecule has 4 nitrogen and oxygen atoms in total. The Labute approximate surface area is 95.3 Å². The average molecular weight is 222 g/mol. The highest BCUT2D eigenvalue weighted by atomic mass is 16.5. The van der Waals surface area contributed by atoms with Crippen molar-refractivity contribution >= 4 is 12.9 Å². The monoisotopic (exact) mass is 222 g/mol. The van der Waals surface area contributed by atoms with E-state index in [0.717, 1.165) is 0 Å². The summed E-state index contributed by atoms with van der Waals surface area (Å²) in [4.78, 5) is 20.2. The Kier molecular flexibility index (Phi) is 5.12. The standard InChI is InChI=1S/C12H14O4/c1-11(2,15-9-13)7-5-6-8-12(3,4)16-10-14/h9-10H,1-4H3. The van der Waals surface area contributed by atoms with Crippen molar-refractivity contribution in [1.29, 1.82) is 0 Å². The van der Waals surface area contributed by atoms with Crippen molar-refractivity contribution in [2.24, 2.45) is 0 Å². The molecule has 0 saturated carbocycles. The van der Waals surface area contributed by atoms with E-state index in [0.29, 0.717) is 12.9 Å². The second-order valence-corrected chi connectivity index (χ2v) is 3.95. The highest BCUT2D eigenvalue weighted by Gasteiger charge is 2.14. The molecule has 0 saturated heterocycles. The summed E-state index contributed by atoms with van der Waals surface area (Å²) in [6, 6.07) is 0. The molecule has 0 bridgehead atoms. The molecule has 4 heteroatoms. The molecule has 16 heavy (non-hydrogen) atoms. The topological polar surface area (TPSA) is 52.6 Å². The van der Waals surface area contributed by atoms with Crippen LogP contribution in [-0.4, -0.2) is 24.1 Å². The van der Waals surface area contributed by atoms with Gasteiger partial charge in [-0.2, -0.15) is 0 Å². The van der Waals surface area contributed by atoms with Crippen LogP contribution in [0.4, 0.5) is 0 Å². The molecular weight excluding hydrogens is 208 g/mol. The van der Waals surface area contributed by atoms with Crippen molar-refractivity contribution < 1.29 is 19.1 Å². The molecule has 0 spiro atoms. The van der Waals surface area contributed by atoms with Gasteiger partial charge in [-0.05, 0) is 51.4 Å². The molecule has 0 rings (SSSR count). The van der Waals surface area contributed by atoms with Crippen LogP contribution in [0.5, 0.6) is 0 Å². The molecule has 0 aliphatic rings. The zero-order chi connectivity index (χ0) is 12.7. The summed E-state index contributed by atoms with van der Waals surface area (Å²) in [5, 5.41) is 0. The van der Waals surface area contributed by atoms with E-state index in [-0.39, 0.29) is 0 Å². The Hall–Kier alpha value is -1.94. The van der Waals surface area contributed by atoms with Crippen molar-refractivity contribution in [2.45, 2.75) is 38.9 Å². The molecule has 0 atom stereocenters. The molecule has 0 amide bonds. The molecule has 0 aliphatic carbocycles. The second-order valence-electron chi connectivity index (χ2n) is 3.95. The lowest BCUT2D eigenvalue weighted by Crippen LogP contribution is -2.21. The van der Waals surface area contributed by atoms with E-state index in [1.807, 2.05) is 0 Å². The van der Waals surface area contributed by atoms with Gasteiger partial charge in [-0.15, -0.1) is 0 Å². The van der Waals surface area contributed by atoms with Crippen LogP contribution < -0.4 is 0 Å². The molecule has 0 N–H and O–H groups in total. The van der Waals surface area contributed by atoms with E-state index in [1.54, 1.807) is 27.7 Å². The number of carbonyl (C=O) groups is 2. The van der Waals surface area contributed by atoms with Crippen LogP contribution in [0.25, 0.3) is 0 Å². The lowest BCUT2D eigenvalue weighted by Gasteiger charge is -2.14. The molecule has 0 aliphatic heterocycles. The molecule has 0 fully saturated rings. The van der Waals surface area contributed by atoms with Crippen LogP contribution >= 0.6 is 0 Å². The minimum absolute atomic E-state index is 0.335. The van der Waals surface area contributed by atoms with Gasteiger partial charge >= 0.3 is 0 Å². The van der Waals surface area contributed by atoms with E-state index in [2.05, 4.69) is 23.7 Å². The van der Waals surface area contributed by atoms with Crippen LogP contribution in [0.3, 0.4) is 0 Å². The Morgan fingerprint density at radius 3 is 1.38 bits per heavy atom. The fourth-order valence-corrected chi connectivity index (χ4v) is 0.663. The zero-order valence-electron chi connectivity index (χ0n) is 9.79. The van der Waals surface area contributed by atoms with Crippen molar-refractivity contribution in [3.8, 4) is 23.7 Å². The molecule has 0 aromatic heterocycles. The van der Waals surface area contributed by atoms with E-state index in [4.69, 9.17) is 9.47 Å². The van der Waals surface area contributed by atoms with Crippen LogP contribution in [-0.2, 0) is 19.1 Å². The largest absolute Gasteiger partial charge is 0.449 e. The van der Waals surface area contributed by atoms with Crippen LogP contribution in [0.15, 0.2) is 0 Å². The molecule has 0 unspecified atom stereocenters. The summed E-state index contributed by atoms with van der Waals surface area (Å²) >= 11 is 0. The Bertz CT molecular complexity index is 333.